The number of fused-ring (bicyclic) bond motifs is 9. The van der Waals surface area contributed by atoms with Crippen LogP contribution >= 0.6 is 0 Å². The van der Waals surface area contributed by atoms with Gasteiger partial charge in [-0.3, -0.25) is 0 Å². The Morgan fingerprint density at radius 1 is 0.308 bits per heavy atom. The fraction of sp³-hybridized carbons (Fsp3) is 0. The molecule has 0 radical (unpaired) electrons. The number of rotatable bonds is 6. The predicted molar refractivity (Wildman–Crippen MR) is 266 cm³/mol. The van der Waals surface area contributed by atoms with Crippen molar-refractivity contribution >= 4 is 65.4 Å². The number of para-hydroxylation sites is 5. The first kappa shape index (κ1) is 36.6. The normalized spacial score (nSPS) is 11.7. The summed E-state index contributed by atoms with van der Waals surface area (Å²) in [6, 6.07) is 79.1. The first-order chi connectivity index (χ1) is 32.2. The van der Waals surface area contributed by atoms with E-state index in [4.69, 9.17) is 9.97 Å². The molecule has 0 N–H and O–H groups in total. The Hall–Kier alpha value is -9.05. The van der Waals surface area contributed by atoms with Crippen LogP contribution in [0, 0.1) is 11.3 Å². The molecule has 0 atom stereocenters. The molecule has 9 aromatic carbocycles. The van der Waals surface area contributed by atoms with Gasteiger partial charge in [-0.25, -0.2) is 9.97 Å². The van der Waals surface area contributed by atoms with E-state index in [2.05, 4.69) is 202 Å². The van der Waals surface area contributed by atoms with Crippen LogP contribution < -0.4 is 0 Å². The van der Waals surface area contributed by atoms with Crippen molar-refractivity contribution in [1.29, 1.82) is 5.26 Å². The molecule has 13 rings (SSSR count). The summed E-state index contributed by atoms with van der Waals surface area (Å²) in [4.78, 5) is 10.6. The highest BCUT2D eigenvalue weighted by atomic mass is 15.0. The maximum absolute atomic E-state index is 9.71. The summed E-state index contributed by atoms with van der Waals surface area (Å²) < 4.78 is 7.05. The van der Waals surface area contributed by atoms with Crippen LogP contribution in [0.3, 0.4) is 0 Å². The average Bonchev–Trinajstić information content (AvgIpc) is 4.02. The van der Waals surface area contributed by atoms with Crippen molar-refractivity contribution in [3.8, 4) is 57.0 Å². The zero-order valence-corrected chi connectivity index (χ0v) is 35.0. The van der Waals surface area contributed by atoms with Crippen molar-refractivity contribution < 1.29 is 0 Å². The van der Waals surface area contributed by atoms with Crippen LogP contribution in [0.15, 0.2) is 218 Å². The molecule has 0 aliphatic carbocycles. The van der Waals surface area contributed by atoms with Crippen LogP contribution in [0.4, 0.5) is 0 Å². The molecule has 4 heterocycles. The zero-order valence-electron chi connectivity index (χ0n) is 35.0. The molecule has 0 saturated carbocycles. The molecule has 4 aromatic heterocycles. The maximum Gasteiger partial charge on any atom is 0.160 e. The van der Waals surface area contributed by atoms with E-state index in [9.17, 15) is 5.26 Å². The molecule has 6 nitrogen and oxygen atoms in total. The van der Waals surface area contributed by atoms with Crippen LogP contribution in [0.25, 0.3) is 116 Å². The third-order valence-electron chi connectivity index (χ3n) is 12.9. The summed E-state index contributed by atoms with van der Waals surface area (Å²) in [7, 11) is 0. The lowest BCUT2D eigenvalue weighted by Crippen LogP contribution is -2.01. The number of aromatic nitrogens is 5. The number of hydrogen-bond donors (Lipinski definition) is 0. The largest absolute Gasteiger partial charge is 0.309 e. The highest BCUT2D eigenvalue weighted by Gasteiger charge is 2.20. The summed E-state index contributed by atoms with van der Waals surface area (Å²) in [5.41, 5.74) is 15.0. The van der Waals surface area contributed by atoms with Crippen LogP contribution in [0.2, 0.25) is 0 Å². The molecular weight excluding hydrogens is 793 g/mol. The zero-order chi connectivity index (χ0) is 43.0. The van der Waals surface area contributed by atoms with Gasteiger partial charge in [0.15, 0.2) is 5.82 Å². The summed E-state index contributed by atoms with van der Waals surface area (Å²) in [5.74, 6) is 0.651. The monoisotopic (exact) mass is 828 g/mol. The predicted octanol–water partition coefficient (Wildman–Crippen LogP) is 14.6. The van der Waals surface area contributed by atoms with Crippen molar-refractivity contribution in [2.75, 3.05) is 0 Å². The molecule has 0 aliphatic heterocycles. The van der Waals surface area contributed by atoms with Gasteiger partial charge in [-0.1, -0.05) is 133 Å². The molecule has 0 fully saturated rings. The highest BCUT2D eigenvalue weighted by Crippen LogP contribution is 2.39. The number of hydrogen-bond acceptors (Lipinski definition) is 3. The van der Waals surface area contributed by atoms with Crippen LogP contribution in [0.1, 0.15) is 5.56 Å². The first-order valence-corrected chi connectivity index (χ1v) is 21.8. The van der Waals surface area contributed by atoms with E-state index < -0.39 is 0 Å². The molecule has 0 amide bonds. The van der Waals surface area contributed by atoms with E-state index in [0.29, 0.717) is 11.4 Å². The second-order valence-electron chi connectivity index (χ2n) is 16.5. The van der Waals surface area contributed by atoms with Gasteiger partial charge in [0.25, 0.3) is 0 Å². The topological polar surface area (TPSA) is 64.4 Å². The summed E-state index contributed by atoms with van der Waals surface area (Å²) in [6.07, 6.45) is 0. The Labute approximate surface area is 373 Å². The maximum atomic E-state index is 9.71. The quantitative estimate of drug-likeness (QED) is 0.168. The third kappa shape index (κ3) is 5.80. The molecule has 13 aromatic rings. The molecule has 0 bridgehead atoms. The van der Waals surface area contributed by atoms with Gasteiger partial charge in [0, 0.05) is 66.1 Å². The van der Waals surface area contributed by atoms with Gasteiger partial charge in [0.2, 0.25) is 0 Å². The molecule has 302 valence electrons. The molecule has 0 spiro atoms. The smallest absolute Gasteiger partial charge is 0.160 e. The van der Waals surface area contributed by atoms with E-state index in [1.54, 1.807) is 0 Å². The van der Waals surface area contributed by atoms with Crippen LogP contribution in [-0.2, 0) is 0 Å². The second-order valence-corrected chi connectivity index (χ2v) is 16.5. The molecule has 6 heteroatoms. The standard InChI is InChI=1S/C59H36N6/c60-37-38-26-31-58-50(32-38)49-20-8-13-25-57(49)63(58)42-29-27-39(28-30-42)51-36-52(62-59(61-51)40-14-2-1-3-15-40)41-33-43(64-53-21-9-4-16-45(53)46-17-5-10-22-54(46)64)35-44(34-41)65-55-23-11-6-18-47(55)48-19-7-12-24-56(48)65/h1-36H. The third-order valence-corrected chi connectivity index (χ3v) is 12.9. The fourth-order valence-corrected chi connectivity index (χ4v) is 9.96. The molecular formula is C59H36N6. The van der Waals surface area contributed by atoms with E-state index in [1.807, 2.05) is 36.4 Å². The Bertz CT molecular complexity index is 3830. The minimum atomic E-state index is 0.646. The van der Waals surface area contributed by atoms with E-state index in [0.717, 1.165) is 89.0 Å². The van der Waals surface area contributed by atoms with Crippen molar-refractivity contribution in [2.24, 2.45) is 0 Å². The van der Waals surface area contributed by atoms with E-state index in [-0.39, 0.29) is 0 Å². The number of nitrogens with zero attached hydrogens (tertiary/aromatic N) is 6. The lowest BCUT2D eigenvalue weighted by atomic mass is 10.0. The van der Waals surface area contributed by atoms with Gasteiger partial charge in [-0.15, -0.1) is 0 Å². The van der Waals surface area contributed by atoms with E-state index >= 15 is 0 Å². The Kier molecular flexibility index (Phi) is 8.17. The van der Waals surface area contributed by atoms with Crippen molar-refractivity contribution in [3.05, 3.63) is 224 Å². The second kappa shape index (κ2) is 14.5. The molecule has 0 saturated heterocycles. The first-order valence-electron chi connectivity index (χ1n) is 21.8. The van der Waals surface area contributed by atoms with Crippen molar-refractivity contribution in [2.45, 2.75) is 0 Å². The number of nitriles is 1. The summed E-state index contributed by atoms with van der Waals surface area (Å²) >= 11 is 0. The van der Waals surface area contributed by atoms with Gasteiger partial charge in [0.1, 0.15) is 0 Å². The Morgan fingerprint density at radius 3 is 1.22 bits per heavy atom. The average molecular weight is 829 g/mol. The van der Waals surface area contributed by atoms with Gasteiger partial charge >= 0.3 is 0 Å². The fourth-order valence-electron chi connectivity index (χ4n) is 9.96. The van der Waals surface area contributed by atoms with Crippen molar-refractivity contribution in [3.63, 3.8) is 0 Å². The van der Waals surface area contributed by atoms with Gasteiger partial charge in [-0.05, 0) is 84.9 Å². The summed E-state index contributed by atoms with van der Waals surface area (Å²) in [6.45, 7) is 0. The SMILES string of the molecule is N#Cc1ccc2c(c1)c1ccccc1n2-c1ccc(-c2cc(-c3cc(-n4c5ccccc5c5ccccc54)cc(-n4c5ccccc5c5ccccc54)c3)nc(-c3ccccc3)n2)cc1. The van der Waals surface area contributed by atoms with Gasteiger partial charge in [0.05, 0.1) is 56.1 Å². The van der Waals surface area contributed by atoms with Crippen molar-refractivity contribution in [1.82, 2.24) is 23.7 Å². The lowest BCUT2D eigenvalue weighted by Gasteiger charge is -2.16. The number of benzene rings is 9. The summed E-state index contributed by atoms with van der Waals surface area (Å²) in [5, 5.41) is 16.7. The Morgan fingerprint density at radius 2 is 0.723 bits per heavy atom. The van der Waals surface area contributed by atoms with E-state index in [1.165, 1.54) is 21.5 Å². The van der Waals surface area contributed by atoms with Crippen LogP contribution in [0.5, 0.6) is 0 Å². The Balaban J connectivity index is 1.04. The van der Waals surface area contributed by atoms with Crippen LogP contribution in [-0.4, -0.2) is 23.7 Å². The highest BCUT2D eigenvalue weighted by molar-refractivity contribution is 6.11. The van der Waals surface area contributed by atoms with Gasteiger partial charge < -0.3 is 13.7 Å². The van der Waals surface area contributed by atoms with Gasteiger partial charge in [-0.2, -0.15) is 5.26 Å². The molecule has 65 heavy (non-hydrogen) atoms. The minimum Gasteiger partial charge on any atom is -0.309 e. The lowest BCUT2D eigenvalue weighted by molar-refractivity contribution is 1.13. The molecule has 0 unspecified atom stereocenters. The minimum absolute atomic E-state index is 0.646. The molecule has 0 aliphatic rings.